The van der Waals surface area contributed by atoms with Gasteiger partial charge in [0, 0.05) is 19.2 Å². The number of hydroxylamine groups is 2. The summed E-state index contributed by atoms with van der Waals surface area (Å²) in [6.45, 7) is 7.22. The van der Waals surface area contributed by atoms with Crippen LogP contribution in [-0.4, -0.2) is 30.3 Å². The quantitative estimate of drug-likeness (QED) is 0.561. The highest BCUT2D eigenvalue weighted by Gasteiger charge is 2.50. The molecule has 0 N–H and O–H groups in total. The first kappa shape index (κ1) is 19.0. The molecule has 0 aliphatic carbocycles. The summed E-state index contributed by atoms with van der Waals surface area (Å²) in [6, 6.07) is 15.3. The van der Waals surface area contributed by atoms with Crippen LogP contribution in [0.4, 0.5) is 10.5 Å². The molecular weight excluding hydrogens is 340 g/mol. The van der Waals surface area contributed by atoms with Crippen molar-refractivity contribution in [2.45, 2.75) is 27.4 Å². The molecule has 0 spiro atoms. The Hall–Kier alpha value is -2.76. The number of quaternary nitrogens is 1. The highest BCUT2D eigenvalue weighted by molar-refractivity contribution is 6.14. The summed E-state index contributed by atoms with van der Waals surface area (Å²) in [5.41, 5.74) is 3.87. The second kappa shape index (κ2) is 7.86. The van der Waals surface area contributed by atoms with Gasteiger partial charge in [-0.15, -0.1) is 0 Å². The van der Waals surface area contributed by atoms with E-state index in [1.807, 2.05) is 69.3 Å². The standard InChI is InChI=1S/C22H25N2O3/c1-4-23(5-2)22(26)24(27-16-18-9-7-6-8-10-18)14-19(15-25)20-12-11-17(3)13-21(20)24/h6-15H,4-5,16H2,1-3H3/q+1. The van der Waals surface area contributed by atoms with Crippen molar-refractivity contribution in [3.05, 3.63) is 71.4 Å². The summed E-state index contributed by atoms with van der Waals surface area (Å²) < 4.78 is -0.429. The minimum absolute atomic E-state index is 0.195. The van der Waals surface area contributed by atoms with Crippen LogP contribution >= 0.6 is 0 Å². The van der Waals surface area contributed by atoms with Crippen LogP contribution in [0.2, 0.25) is 0 Å². The number of fused-ring (bicyclic) bond motifs is 1. The molecule has 2 aromatic rings. The number of benzene rings is 2. The molecule has 2 aromatic carbocycles. The fourth-order valence-electron chi connectivity index (χ4n) is 3.36. The first-order chi connectivity index (χ1) is 13.1. The second-order valence-electron chi connectivity index (χ2n) is 6.59. The van der Waals surface area contributed by atoms with Crippen LogP contribution < -0.4 is 4.65 Å². The van der Waals surface area contributed by atoms with Crippen LogP contribution in [0.25, 0.3) is 5.57 Å². The fraction of sp³-hybridized carbons (Fsp3) is 0.273. The largest absolute Gasteiger partial charge is 0.461 e. The van der Waals surface area contributed by atoms with Crippen LogP contribution in [0.1, 0.15) is 30.5 Å². The molecule has 1 unspecified atom stereocenters. The minimum Gasteiger partial charge on any atom is -0.298 e. The number of aryl methyl sites for hydroxylation is 1. The van der Waals surface area contributed by atoms with E-state index < -0.39 is 4.65 Å². The lowest BCUT2D eigenvalue weighted by Gasteiger charge is -2.31. The Bertz CT molecular complexity index is 872. The summed E-state index contributed by atoms with van der Waals surface area (Å²) in [7, 11) is 0. The average molecular weight is 365 g/mol. The number of carbonyl (C=O) groups excluding carboxylic acids is 2. The molecule has 0 aromatic heterocycles. The Morgan fingerprint density at radius 1 is 1.11 bits per heavy atom. The zero-order valence-corrected chi connectivity index (χ0v) is 16.0. The lowest BCUT2D eigenvalue weighted by molar-refractivity contribution is -0.103. The minimum atomic E-state index is -0.429. The Kier molecular flexibility index (Phi) is 5.54. The van der Waals surface area contributed by atoms with Crippen molar-refractivity contribution in [2.75, 3.05) is 13.1 Å². The number of urea groups is 1. The summed E-state index contributed by atoms with van der Waals surface area (Å²) in [5, 5.41) is 0. The van der Waals surface area contributed by atoms with Gasteiger partial charge in [0.25, 0.3) is 0 Å². The van der Waals surface area contributed by atoms with E-state index >= 15 is 0 Å². The first-order valence-electron chi connectivity index (χ1n) is 9.22. The number of amides is 2. The monoisotopic (exact) mass is 365 g/mol. The van der Waals surface area contributed by atoms with Crippen LogP contribution in [0.15, 0.2) is 54.7 Å². The molecule has 1 atom stereocenters. The molecule has 1 aliphatic heterocycles. The number of carbonyl (C=O) groups is 2. The zero-order chi connectivity index (χ0) is 19.4. The predicted octanol–water partition coefficient (Wildman–Crippen LogP) is 4.45. The van der Waals surface area contributed by atoms with Gasteiger partial charge in [0.05, 0.1) is 11.1 Å². The lowest BCUT2D eigenvalue weighted by atomic mass is 10.1. The summed E-state index contributed by atoms with van der Waals surface area (Å²) in [6.07, 6.45) is 2.41. The van der Waals surface area contributed by atoms with Gasteiger partial charge < -0.3 is 0 Å². The van der Waals surface area contributed by atoms with Gasteiger partial charge in [-0.05, 0) is 42.6 Å². The molecule has 1 aliphatic rings. The summed E-state index contributed by atoms with van der Waals surface area (Å²) in [4.78, 5) is 33.2. The number of allylic oxidation sites excluding steroid dienone is 1. The van der Waals surface area contributed by atoms with Gasteiger partial charge in [0.1, 0.15) is 6.61 Å². The average Bonchev–Trinajstić information content (AvgIpc) is 3.02. The molecule has 1 heterocycles. The molecule has 2 amide bonds. The van der Waals surface area contributed by atoms with Crippen molar-refractivity contribution in [2.24, 2.45) is 0 Å². The zero-order valence-electron chi connectivity index (χ0n) is 16.0. The Labute approximate surface area is 160 Å². The SMILES string of the molecule is CCN(CC)C(=O)[N+]1(OCc2ccccc2)C=C(C=O)c2ccc(C)cc21. The molecule has 27 heavy (non-hydrogen) atoms. The van der Waals surface area contributed by atoms with Gasteiger partial charge >= 0.3 is 6.03 Å². The van der Waals surface area contributed by atoms with E-state index in [1.165, 1.54) is 0 Å². The third-order valence-corrected chi connectivity index (χ3v) is 4.87. The van der Waals surface area contributed by atoms with E-state index in [4.69, 9.17) is 4.84 Å². The van der Waals surface area contributed by atoms with E-state index in [-0.39, 0.29) is 12.6 Å². The third kappa shape index (κ3) is 3.44. The number of hydrogen-bond acceptors (Lipinski definition) is 3. The molecule has 0 fully saturated rings. The normalized spacial score (nSPS) is 18.0. The lowest BCUT2D eigenvalue weighted by Crippen LogP contribution is -2.55. The Morgan fingerprint density at radius 3 is 2.44 bits per heavy atom. The van der Waals surface area contributed by atoms with Crippen LogP contribution in [0.3, 0.4) is 0 Å². The van der Waals surface area contributed by atoms with Gasteiger partial charge in [0.2, 0.25) is 0 Å². The fourth-order valence-corrected chi connectivity index (χ4v) is 3.36. The molecule has 5 nitrogen and oxygen atoms in total. The van der Waals surface area contributed by atoms with Crippen molar-refractivity contribution < 1.29 is 14.4 Å². The van der Waals surface area contributed by atoms with Crippen molar-refractivity contribution in [1.82, 2.24) is 9.55 Å². The van der Waals surface area contributed by atoms with Gasteiger partial charge in [-0.1, -0.05) is 36.4 Å². The molecule has 0 saturated carbocycles. The van der Waals surface area contributed by atoms with Crippen LogP contribution in [-0.2, 0) is 16.2 Å². The van der Waals surface area contributed by atoms with Crippen molar-refractivity contribution in [3.63, 3.8) is 0 Å². The van der Waals surface area contributed by atoms with Crippen molar-refractivity contribution in [3.8, 4) is 0 Å². The summed E-state index contributed by atoms with van der Waals surface area (Å²) >= 11 is 0. The number of rotatable bonds is 6. The van der Waals surface area contributed by atoms with E-state index in [1.54, 1.807) is 11.1 Å². The van der Waals surface area contributed by atoms with Crippen LogP contribution in [0.5, 0.6) is 0 Å². The van der Waals surface area contributed by atoms with E-state index in [0.29, 0.717) is 24.4 Å². The smallest absolute Gasteiger partial charge is 0.298 e. The maximum Gasteiger partial charge on any atom is 0.461 e. The Balaban J connectivity index is 2.11. The van der Waals surface area contributed by atoms with Gasteiger partial charge in [-0.2, -0.15) is 4.84 Å². The molecule has 5 heteroatoms. The number of hydrogen-bond donors (Lipinski definition) is 0. The van der Waals surface area contributed by atoms with Crippen molar-refractivity contribution >= 4 is 23.6 Å². The van der Waals surface area contributed by atoms with Crippen LogP contribution in [0, 0.1) is 6.92 Å². The molecular formula is C22H25N2O3+. The van der Waals surface area contributed by atoms with Crippen molar-refractivity contribution in [1.29, 1.82) is 0 Å². The molecule has 140 valence electrons. The highest BCUT2D eigenvalue weighted by Crippen LogP contribution is 2.42. The highest BCUT2D eigenvalue weighted by atomic mass is 16.7. The van der Waals surface area contributed by atoms with E-state index in [2.05, 4.69) is 0 Å². The second-order valence-corrected chi connectivity index (χ2v) is 6.59. The van der Waals surface area contributed by atoms with Gasteiger partial charge in [0.15, 0.2) is 18.2 Å². The molecule has 0 bridgehead atoms. The third-order valence-electron chi connectivity index (χ3n) is 4.87. The summed E-state index contributed by atoms with van der Waals surface area (Å²) in [5.74, 6) is 0. The number of aldehydes is 1. The maximum atomic E-state index is 13.5. The number of nitrogens with zero attached hydrogens (tertiary/aromatic N) is 2. The molecule has 3 rings (SSSR count). The van der Waals surface area contributed by atoms with Gasteiger partial charge in [-0.3, -0.25) is 9.69 Å². The van der Waals surface area contributed by atoms with E-state index in [9.17, 15) is 9.59 Å². The topological polar surface area (TPSA) is 46.6 Å². The maximum absolute atomic E-state index is 13.5. The van der Waals surface area contributed by atoms with E-state index in [0.717, 1.165) is 23.0 Å². The predicted molar refractivity (Wildman–Crippen MR) is 107 cm³/mol. The first-order valence-corrected chi connectivity index (χ1v) is 9.22. The van der Waals surface area contributed by atoms with Gasteiger partial charge in [-0.25, -0.2) is 4.79 Å². The molecule has 0 radical (unpaired) electrons. The Morgan fingerprint density at radius 2 is 1.81 bits per heavy atom. The molecule has 0 saturated heterocycles.